The van der Waals surface area contributed by atoms with Gasteiger partial charge in [-0.1, -0.05) is 12.1 Å². The van der Waals surface area contributed by atoms with Gasteiger partial charge in [-0.2, -0.15) is 0 Å². The van der Waals surface area contributed by atoms with E-state index in [1.165, 1.54) is 36.4 Å². The van der Waals surface area contributed by atoms with Crippen LogP contribution in [-0.4, -0.2) is 31.4 Å². The first kappa shape index (κ1) is 26.4. The van der Waals surface area contributed by atoms with Crippen molar-refractivity contribution in [3.05, 3.63) is 111 Å². The quantitative estimate of drug-likeness (QED) is 0.114. The number of rotatable bonds is 6. The smallest absolute Gasteiger partial charge is 0.287 e. The molecule has 1 aliphatic rings. The van der Waals surface area contributed by atoms with Gasteiger partial charge in [0.2, 0.25) is 5.88 Å². The minimum Gasteiger partial charge on any atom is -0.439 e. The third kappa shape index (κ3) is 4.95. The van der Waals surface area contributed by atoms with E-state index in [-0.39, 0.29) is 27.9 Å². The number of hydrogen-bond donors (Lipinski definition) is 1. The van der Waals surface area contributed by atoms with Crippen molar-refractivity contribution in [1.82, 2.24) is 14.9 Å². The van der Waals surface area contributed by atoms with Crippen LogP contribution in [0.2, 0.25) is 0 Å². The molecule has 40 heavy (non-hydrogen) atoms. The van der Waals surface area contributed by atoms with Gasteiger partial charge in [0.25, 0.3) is 17.5 Å². The highest BCUT2D eigenvalue weighted by Gasteiger charge is 2.36. The maximum absolute atomic E-state index is 14.4. The maximum Gasteiger partial charge on any atom is 0.287 e. The van der Waals surface area contributed by atoms with Crippen LogP contribution in [0.3, 0.4) is 0 Å². The number of halogens is 1. The highest BCUT2D eigenvalue weighted by atomic mass is 32.1. The first-order chi connectivity index (χ1) is 19.1. The van der Waals surface area contributed by atoms with Crippen LogP contribution in [0.15, 0.2) is 78.5 Å². The van der Waals surface area contributed by atoms with Crippen molar-refractivity contribution >= 4 is 46.6 Å². The summed E-state index contributed by atoms with van der Waals surface area (Å²) < 4.78 is 22.1. The van der Waals surface area contributed by atoms with Gasteiger partial charge in [0.1, 0.15) is 23.3 Å². The molecule has 2 amide bonds. The van der Waals surface area contributed by atoms with Gasteiger partial charge in [0, 0.05) is 29.2 Å². The molecule has 0 spiro atoms. The largest absolute Gasteiger partial charge is 0.439 e. The van der Waals surface area contributed by atoms with E-state index in [1.807, 2.05) is 36.6 Å². The van der Waals surface area contributed by atoms with Gasteiger partial charge >= 0.3 is 0 Å². The number of amides is 2. The summed E-state index contributed by atoms with van der Waals surface area (Å²) in [5.74, 6) is -1.37. The van der Waals surface area contributed by atoms with Crippen molar-refractivity contribution in [2.24, 2.45) is 0 Å². The number of pyridine rings is 1. The summed E-state index contributed by atoms with van der Waals surface area (Å²) in [5, 5.41) is 13.1. The first-order valence-corrected chi connectivity index (χ1v) is 12.3. The third-order valence-corrected chi connectivity index (χ3v) is 6.50. The Bertz CT molecular complexity index is 1710. The van der Waals surface area contributed by atoms with Crippen molar-refractivity contribution < 1.29 is 23.6 Å². The summed E-state index contributed by atoms with van der Waals surface area (Å²) in [7, 11) is 0. The van der Waals surface area contributed by atoms with Gasteiger partial charge in [0.15, 0.2) is 5.11 Å². The molecule has 3 heterocycles. The molecule has 0 atom stereocenters. The van der Waals surface area contributed by atoms with E-state index in [4.69, 9.17) is 17.0 Å². The predicted molar refractivity (Wildman–Crippen MR) is 149 cm³/mol. The number of hydrogen-bond acceptors (Lipinski definition) is 7. The number of nitrogens with one attached hydrogen (secondary N) is 1. The Labute approximate surface area is 232 Å². The van der Waals surface area contributed by atoms with Crippen LogP contribution in [0.25, 0.3) is 11.8 Å². The van der Waals surface area contributed by atoms with Crippen LogP contribution < -0.4 is 15.0 Å². The zero-order valence-electron chi connectivity index (χ0n) is 21.1. The lowest BCUT2D eigenvalue weighted by Gasteiger charge is -2.29. The average Bonchev–Trinajstić information content (AvgIpc) is 3.20. The van der Waals surface area contributed by atoms with Crippen LogP contribution in [0.1, 0.15) is 17.0 Å². The van der Waals surface area contributed by atoms with Gasteiger partial charge in [-0.25, -0.2) is 14.3 Å². The van der Waals surface area contributed by atoms with E-state index in [2.05, 4.69) is 10.3 Å². The Morgan fingerprint density at radius 2 is 1.80 bits per heavy atom. The molecule has 1 aliphatic heterocycles. The molecule has 0 unspecified atom stereocenters. The Morgan fingerprint density at radius 3 is 2.45 bits per heavy atom. The monoisotopic (exact) mass is 557 g/mol. The summed E-state index contributed by atoms with van der Waals surface area (Å²) in [6.07, 6.45) is 2.58. The molecule has 2 aromatic carbocycles. The number of aryl methyl sites for hydroxylation is 1. The Balaban J connectivity index is 1.42. The molecule has 0 saturated carbocycles. The number of carbonyl (C=O) groups excluding carboxylic acids is 2. The number of carbonyl (C=O) groups is 2. The molecule has 1 N–H and O–H groups in total. The zero-order valence-corrected chi connectivity index (χ0v) is 21.9. The molecular weight excluding hydrogens is 537 g/mol. The number of nitrogens with zero attached hydrogens (tertiary/aromatic N) is 4. The standard InChI is InChI=1S/C28H20FN5O5S/c1-16-13-18(14-22-26(35)31-28(40)33(27(22)36)24-6-4-3-5-23(24)29)17(2)32(16)19-7-10-21(11-8-19)39-25-12-9-20(15-30-25)34(37)38/h3-15H,1-2H3,(H,31,35,40). The van der Waals surface area contributed by atoms with Crippen molar-refractivity contribution in [3.8, 4) is 17.3 Å². The van der Waals surface area contributed by atoms with Crippen LogP contribution in [0.4, 0.5) is 15.8 Å². The van der Waals surface area contributed by atoms with Crippen LogP contribution in [0.5, 0.6) is 11.6 Å². The molecule has 0 aliphatic carbocycles. The fourth-order valence-electron chi connectivity index (χ4n) is 4.32. The van der Waals surface area contributed by atoms with Gasteiger partial charge in [-0.05, 0) is 80.2 Å². The third-order valence-electron chi connectivity index (χ3n) is 6.21. The number of aromatic nitrogens is 2. The van der Waals surface area contributed by atoms with E-state index in [1.54, 1.807) is 18.2 Å². The molecule has 200 valence electrons. The lowest BCUT2D eigenvalue weighted by Crippen LogP contribution is -2.54. The van der Waals surface area contributed by atoms with E-state index >= 15 is 0 Å². The van der Waals surface area contributed by atoms with Gasteiger partial charge in [-0.15, -0.1) is 0 Å². The number of ether oxygens (including phenoxy) is 1. The zero-order chi connectivity index (χ0) is 28.6. The highest BCUT2D eigenvalue weighted by molar-refractivity contribution is 7.80. The van der Waals surface area contributed by atoms with Crippen molar-refractivity contribution in [2.75, 3.05) is 4.90 Å². The molecule has 0 bridgehead atoms. The second kappa shape index (κ2) is 10.5. The van der Waals surface area contributed by atoms with E-state index in [0.29, 0.717) is 11.3 Å². The molecule has 0 radical (unpaired) electrons. The predicted octanol–water partition coefficient (Wildman–Crippen LogP) is 5.16. The molecule has 4 aromatic rings. The number of anilines is 1. The fourth-order valence-corrected chi connectivity index (χ4v) is 4.59. The molecule has 12 heteroatoms. The second-order valence-corrected chi connectivity index (χ2v) is 9.17. The summed E-state index contributed by atoms with van der Waals surface area (Å²) >= 11 is 5.16. The minimum atomic E-state index is -0.731. The molecule has 1 fully saturated rings. The summed E-state index contributed by atoms with van der Waals surface area (Å²) in [5.41, 5.74) is 2.62. The molecule has 5 rings (SSSR count). The van der Waals surface area contributed by atoms with Crippen molar-refractivity contribution in [1.29, 1.82) is 0 Å². The minimum absolute atomic E-state index is 0.0555. The molecular formula is C28H20FN5O5S. The summed E-state index contributed by atoms with van der Waals surface area (Å²) in [6.45, 7) is 3.72. The van der Waals surface area contributed by atoms with E-state index in [0.717, 1.165) is 28.2 Å². The lowest BCUT2D eigenvalue weighted by molar-refractivity contribution is -0.385. The number of para-hydroxylation sites is 1. The van der Waals surface area contributed by atoms with Gasteiger partial charge in [0.05, 0.1) is 10.6 Å². The first-order valence-electron chi connectivity index (χ1n) is 11.9. The van der Waals surface area contributed by atoms with E-state index in [9.17, 15) is 24.1 Å². The maximum atomic E-state index is 14.4. The normalized spacial score (nSPS) is 14.4. The van der Waals surface area contributed by atoms with Gasteiger partial charge < -0.3 is 9.30 Å². The van der Waals surface area contributed by atoms with Gasteiger partial charge in [-0.3, -0.25) is 25.0 Å². The van der Waals surface area contributed by atoms with Crippen molar-refractivity contribution in [3.63, 3.8) is 0 Å². The molecule has 2 aromatic heterocycles. The Morgan fingerprint density at radius 1 is 1.07 bits per heavy atom. The van der Waals surface area contributed by atoms with Crippen LogP contribution in [0, 0.1) is 29.8 Å². The summed E-state index contributed by atoms with van der Waals surface area (Å²) in [4.78, 5) is 41.2. The van der Waals surface area contributed by atoms with Crippen molar-refractivity contribution in [2.45, 2.75) is 13.8 Å². The highest BCUT2D eigenvalue weighted by Crippen LogP contribution is 2.29. The van der Waals surface area contributed by atoms with Crippen LogP contribution in [-0.2, 0) is 9.59 Å². The fraction of sp³-hybridized carbons (Fsp3) is 0.0714. The number of nitro groups is 1. The summed E-state index contributed by atoms with van der Waals surface area (Å²) in [6, 6.07) is 17.3. The SMILES string of the molecule is Cc1cc(C=C2C(=O)NC(=S)N(c3ccccc3F)C2=O)c(C)n1-c1ccc(Oc2ccc([N+](=O)[O-])cn2)cc1. The second-order valence-electron chi connectivity index (χ2n) is 8.78. The Hall–Kier alpha value is -5.23. The molecule has 1 saturated heterocycles. The van der Waals surface area contributed by atoms with E-state index < -0.39 is 22.6 Å². The Kier molecular flexibility index (Phi) is 6.92. The topological polar surface area (TPSA) is 120 Å². The number of thiocarbonyl (C=S) groups is 1. The number of benzene rings is 2. The molecule has 10 nitrogen and oxygen atoms in total. The average molecular weight is 558 g/mol. The van der Waals surface area contributed by atoms with Crippen LogP contribution >= 0.6 is 12.2 Å². The lowest BCUT2D eigenvalue weighted by atomic mass is 10.1.